The molecule has 0 fully saturated rings. The zero-order valence-electron chi connectivity index (χ0n) is 13.9. The van der Waals surface area contributed by atoms with E-state index < -0.39 is 0 Å². The van der Waals surface area contributed by atoms with Crippen molar-refractivity contribution < 1.29 is 21.7 Å². The molecule has 0 saturated carbocycles. The molecule has 0 amide bonds. The Labute approximate surface area is 142 Å². The van der Waals surface area contributed by atoms with Crippen LogP contribution in [0.1, 0.15) is 44.2 Å². The monoisotopic (exact) mass is 307 g/mol. The fourth-order valence-corrected chi connectivity index (χ4v) is 2.11. The topological polar surface area (TPSA) is 14.1 Å². The van der Waals surface area contributed by atoms with Gasteiger partial charge in [0.1, 0.15) is 0 Å². The van der Waals surface area contributed by atoms with Crippen molar-refractivity contribution in [3.63, 3.8) is 0 Å². The molecule has 2 rings (SSSR count). The second-order valence-electron chi connectivity index (χ2n) is 5.44. The van der Waals surface area contributed by atoms with Crippen LogP contribution in [0.25, 0.3) is 11.4 Å². The van der Waals surface area contributed by atoms with Gasteiger partial charge >= 0.3 is 21.7 Å². The van der Waals surface area contributed by atoms with E-state index in [1.54, 1.807) is 0 Å². The van der Waals surface area contributed by atoms with Gasteiger partial charge in [-0.3, -0.25) is 0 Å². The van der Waals surface area contributed by atoms with Gasteiger partial charge in [-0.15, -0.1) is 12.1 Å². The first kappa shape index (κ1) is 24.6. The Morgan fingerprint density at radius 1 is 1.05 bits per heavy atom. The third-order valence-electron chi connectivity index (χ3n) is 2.93. The molecule has 1 aliphatic carbocycles. The van der Waals surface area contributed by atoms with Crippen LogP contribution in [0.3, 0.4) is 0 Å². The van der Waals surface area contributed by atoms with Crippen molar-refractivity contribution in [3.05, 3.63) is 69.1 Å². The quantitative estimate of drug-likeness (QED) is 0.502. The molecule has 0 heterocycles. The van der Waals surface area contributed by atoms with Gasteiger partial charge in [-0.1, -0.05) is 63.6 Å². The van der Waals surface area contributed by atoms with E-state index in [4.69, 9.17) is 0 Å². The Bertz CT molecular complexity index is 391. The molecule has 2 heteroatoms. The average Bonchev–Trinajstić information content (AvgIpc) is 2.60. The molecule has 20 heavy (non-hydrogen) atoms. The predicted octanol–water partition coefficient (Wildman–Crippen LogP) is 5.71. The van der Waals surface area contributed by atoms with Crippen molar-refractivity contribution in [3.8, 4) is 0 Å². The van der Waals surface area contributed by atoms with Crippen LogP contribution in [0.4, 0.5) is 0 Å². The molecule has 1 atom stereocenters. The zero-order valence-corrected chi connectivity index (χ0v) is 15.5. The maximum Gasteiger partial charge on any atom is 4.00 e. The van der Waals surface area contributed by atoms with Gasteiger partial charge in [0, 0.05) is 5.92 Å². The molecular formula is C18H29NTi. The summed E-state index contributed by atoms with van der Waals surface area (Å²) in [4.78, 5) is 0. The third-order valence-corrected chi connectivity index (χ3v) is 2.93. The van der Waals surface area contributed by atoms with E-state index in [0.29, 0.717) is 5.92 Å². The number of hydrogen-bond acceptors (Lipinski definition) is 0. The smallest absolute Gasteiger partial charge is 0.657 e. The van der Waals surface area contributed by atoms with E-state index in [9.17, 15) is 0 Å². The minimum Gasteiger partial charge on any atom is -0.657 e. The Hall–Kier alpha value is -0.366. The van der Waals surface area contributed by atoms with Gasteiger partial charge < -0.3 is 27.6 Å². The summed E-state index contributed by atoms with van der Waals surface area (Å²) in [5.41, 5.74) is 2.94. The Morgan fingerprint density at radius 2 is 1.65 bits per heavy atom. The van der Waals surface area contributed by atoms with E-state index in [2.05, 4.69) is 62.5 Å². The maximum absolute atomic E-state index is 4.66. The zero-order chi connectivity index (χ0) is 11.6. The van der Waals surface area contributed by atoms with Crippen LogP contribution >= 0.6 is 0 Å². The van der Waals surface area contributed by atoms with Crippen molar-refractivity contribution in [1.29, 1.82) is 0 Å². The summed E-state index contributed by atoms with van der Waals surface area (Å²) >= 11 is 0. The Kier molecular flexibility index (Phi) is 12.8. The molecule has 0 aliphatic heterocycles. The molecular weight excluding hydrogens is 278 g/mol. The second-order valence-corrected chi connectivity index (χ2v) is 5.44. The molecule has 1 aromatic rings. The number of benzene rings is 1. The van der Waals surface area contributed by atoms with Crippen molar-refractivity contribution in [2.24, 2.45) is 0 Å². The van der Waals surface area contributed by atoms with Crippen molar-refractivity contribution >= 4 is 6.08 Å². The van der Waals surface area contributed by atoms with Crippen LogP contribution in [-0.4, -0.2) is 12.1 Å². The molecule has 0 aromatic heterocycles. The van der Waals surface area contributed by atoms with Gasteiger partial charge in [0.2, 0.25) is 0 Å². The first-order valence-corrected chi connectivity index (χ1v) is 6.02. The summed E-state index contributed by atoms with van der Waals surface area (Å²) in [5, 5.41) is 4.66. The molecule has 1 aromatic carbocycles. The molecule has 0 bridgehead atoms. The standard InChI is InChI=1S/C15H20N.3CH3.Ti/c1-15(2,3)16-11-10-13-9-8-12-6-4-5-7-14(12)13;;;;/h4-9,13H,10-11H2,1-3H3;3*1H3;/q4*-1;+4. The number of allylic oxidation sites excluding steroid dienone is 1. The average molecular weight is 307 g/mol. The SMILES string of the molecule is CC(C)(C)[N-]CCC1C=Cc2ccccc21.[CH3-].[CH3-].[CH3-].[Ti+4]. The summed E-state index contributed by atoms with van der Waals surface area (Å²) in [5.74, 6) is 0.572. The van der Waals surface area contributed by atoms with Crippen LogP contribution < -0.4 is 0 Å². The Morgan fingerprint density at radius 3 is 2.25 bits per heavy atom. The van der Waals surface area contributed by atoms with Crippen LogP contribution in [0, 0.1) is 22.3 Å². The van der Waals surface area contributed by atoms with Crippen molar-refractivity contribution in [2.45, 2.75) is 38.6 Å². The summed E-state index contributed by atoms with van der Waals surface area (Å²) in [7, 11) is 0. The summed E-state index contributed by atoms with van der Waals surface area (Å²) in [6, 6.07) is 8.65. The first-order chi connectivity index (χ1) is 7.56. The van der Waals surface area contributed by atoms with Crippen molar-refractivity contribution in [2.75, 3.05) is 6.54 Å². The van der Waals surface area contributed by atoms with E-state index >= 15 is 0 Å². The fourth-order valence-electron chi connectivity index (χ4n) is 2.11. The number of rotatable bonds is 3. The van der Waals surface area contributed by atoms with E-state index in [-0.39, 0.29) is 49.5 Å². The van der Waals surface area contributed by atoms with Gasteiger partial charge in [-0.25, -0.2) is 0 Å². The third kappa shape index (κ3) is 6.88. The van der Waals surface area contributed by atoms with Gasteiger partial charge in [0.25, 0.3) is 0 Å². The molecule has 0 saturated heterocycles. The van der Waals surface area contributed by atoms with Crippen LogP contribution in [0.15, 0.2) is 30.3 Å². The molecule has 110 valence electrons. The van der Waals surface area contributed by atoms with Gasteiger partial charge in [0.05, 0.1) is 0 Å². The van der Waals surface area contributed by atoms with E-state index in [0.717, 1.165) is 13.0 Å². The summed E-state index contributed by atoms with van der Waals surface area (Å²) < 4.78 is 0. The molecule has 1 aliphatic rings. The fraction of sp³-hybridized carbons (Fsp3) is 0.389. The number of fused-ring (bicyclic) bond motifs is 1. The normalized spacial score (nSPS) is 15.1. The van der Waals surface area contributed by atoms with Gasteiger partial charge in [-0.05, 0) is 11.1 Å². The molecule has 0 spiro atoms. The number of nitrogens with zero attached hydrogens (tertiary/aromatic N) is 1. The summed E-state index contributed by atoms with van der Waals surface area (Å²) in [6.07, 6.45) is 5.67. The minimum atomic E-state index is 0. The van der Waals surface area contributed by atoms with Crippen LogP contribution in [0.5, 0.6) is 0 Å². The minimum absolute atomic E-state index is 0. The van der Waals surface area contributed by atoms with E-state index in [1.807, 2.05) is 0 Å². The Balaban J connectivity index is -0.000000722. The van der Waals surface area contributed by atoms with Crippen LogP contribution in [-0.2, 0) is 21.7 Å². The van der Waals surface area contributed by atoms with Gasteiger partial charge in [-0.2, -0.15) is 0 Å². The summed E-state index contributed by atoms with van der Waals surface area (Å²) in [6.45, 7) is 7.43. The molecule has 0 radical (unpaired) electrons. The van der Waals surface area contributed by atoms with E-state index in [1.165, 1.54) is 11.1 Å². The number of hydrogen-bond donors (Lipinski definition) is 0. The largest absolute Gasteiger partial charge is 4.00 e. The molecule has 0 N–H and O–H groups in total. The molecule has 1 nitrogen and oxygen atoms in total. The molecule has 1 unspecified atom stereocenters. The van der Waals surface area contributed by atoms with Gasteiger partial charge in [0.15, 0.2) is 0 Å². The predicted molar refractivity (Wildman–Crippen MR) is 90.1 cm³/mol. The maximum atomic E-state index is 4.66. The van der Waals surface area contributed by atoms with Crippen LogP contribution in [0.2, 0.25) is 0 Å². The first-order valence-electron chi connectivity index (χ1n) is 6.02. The van der Waals surface area contributed by atoms with Crippen molar-refractivity contribution in [1.82, 2.24) is 0 Å². The second kappa shape index (κ2) is 10.4.